The van der Waals surface area contributed by atoms with E-state index in [-0.39, 0.29) is 5.97 Å². The minimum Gasteiger partial charge on any atom is -0.465 e. The molecule has 0 bridgehead atoms. The number of fused-ring (bicyclic) bond motifs is 1. The molecule has 4 nitrogen and oxygen atoms in total. The van der Waals surface area contributed by atoms with Crippen LogP contribution in [0.4, 0.5) is 5.69 Å². The summed E-state index contributed by atoms with van der Waals surface area (Å²) in [4.78, 5) is 16.4. The fourth-order valence-electron chi connectivity index (χ4n) is 2.94. The molecule has 0 N–H and O–H groups in total. The highest BCUT2D eigenvalue weighted by Gasteiger charge is 2.12. The fourth-order valence-corrected chi connectivity index (χ4v) is 2.94. The molecule has 24 heavy (non-hydrogen) atoms. The van der Waals surface area contributed by atoms with Crippen LogP contribution in [0.3, 0.4) is 0 Å². The summed E-state index contributed by atoms with van der Waals surface area (Å²) >= 11 is 0. The number of aromatic nitrogens is 1. The van der Waals surface area contributed by atoms with E-state index in [1.54, 1.807) is 6.07 Å². The van der Waals surface area contributed by atoms with Crippen LogP contribution in [0.2, 0.25) is 0 Å². The molecule has 3 rings (SSSR count). The Morgan fingerprint density at radius 2 is 1.88 bits per heavy atom. The van der Waals surface area contributed by atoms with Gasteiger partial charge in [0.2, 0.25) is 0 Å². The topological polar surface area (TPSA) is 43.6 Å². The molecule has 4 heteroatoms. The Morgan fingerprint density at radius 3 is 2.62 bits per heavy atom. The second kappa shape index (κ2) is 6.32. The predicted molar refractivity (Wildman–Crippen MR) is 97.4 cm³/mol. The van der Waals surface area contributed by atoms with Gasteiger partial charge in [-0.2, -0.15) is 0 Å². The summed E-state index contributed by atoms with van der Waals surface area (Å²) in [5.74, 6) is -0.342. The third-order valence-electron chi connectivity index (χ3n) is 4.49. The molecule has 0 saturated carbocycles. The molecule has 0 fully saturated rings. The van der Waals surface area contributed by atoms with E-state index < -0.39 is 0 Å². The second-order valence-corrected chi connectivity index (χ2v) is 5.77. The Balaban J connectivity index is 2.07. The van der Waals surface area contributed by atoms with Gasteiger partial charge in [-0.3, -0.25) is 4.99 Å². The molecule has 0 atom stereocenters. The Hall–Kier alpha value is -2.88. The first-order valence-corrected chi connectivity index (χ1v) is 7.80. The van der Waals surface area contributed by atoms with Gasteiger partial charge in [0.1, 0.15) is 0 Å². The van der Waals surface area contributed by atoms with Gasteiger partial charge in [0.15, 0.2) is 0 Å². The second-order valence-electron chi connectivity index (χ2n) is 5.77. The maximum Gasteiger partial charge on any atom is 0.338 e. The van der Waals surface area contributed by atoms with Gasteiger partial charge in [0.25, 0.3) is 0 Å². The van der Waals surface area contributed by atoms with Gasteiger partial charge in [0.05, 0.1) is 18.4 Å². The van der Waals surface area contributed by atoms with Gasteiger partial charge in [-0.05, 0) is 37.6 Å². The summed E-state index contributed by atoms with van der Waals surface area (Å²) < 4.78 is 6.98. The molecule has 0 spiro atoms. The number of aliphatic imine (C=N–C) groups is 1. The van der Waals surface area contributed by atoms with E-state index >= 15 is 0 Å². The first-order valence-electron chi connectivity index (χ1n) is 7.80. The summed E-state index contributed by atoms with van der Waals surface area (Å²) in [6.45, 7) is 3.97. The third-order valence-corrected chi connectivity index (χ3v) is 4.49. The van der Waals surface area contributed by atoms with Crippen molar-refractivity contribution < 1.29 is 9.53 Å². The molecular weight excluding hydrogens is 300 g/mol. The Kier molecular flexibility index (Phi) is 4.21. The van der Waals surface area contributed by atoms with E-state index in [1.165, 1.54) is 18.0 Å². The van der Waals surface area contributed by atoms with Gasteiger partial charge in [-0.1, -0.05) is 24.3 Å². The average molecular weight is 320 g/mol. The lowest BCUT2D eigenvalue weighted by Gasteiger charge is -2.06. The summed E-state index contributed by atoms with van der Waals surface area (Å²) in [5.41, 5.74) is 5.56. The zero-order chi connectivity index (χ0) is 17.3. The van der Waals surface area contributed by atoms with Crippen LogP contribution in [0.25, 0.3) is 10.9 Å². The fraction of sp³-hybridized carbons (Fsp3) is 0.200. The number of aryl methyl sites for hydroxylation is 1. The molecule has 0 radical (unpaired) electrons. The number of hydrogen-bond acceptors (Lipinski definition) is 3. The van der Waals surface area contributed by atoms with Crippen LogP contribution in [0.15, 0.2) is 47.5 Å². The molecule has 0 unspecified atom stereocenters. The molecular formula is C20H20N2O2. The number of rotatable bonds is 3. The van der Waals surface area contributed by atoms with Crippen molar-refractivity contribution in [2.45, 2.75) is 13.8 Å². The lowest BCUT2D eigenvalue weighted by atomic mass is 10.1. The third kappa shape index (κ3) is 2.60. The molecule has 0 aliphatic heterocycles. The zero-order valence-corrected chi connectivity index (χ0v) is 14.3. The summed E-state index contributed by atoms with van der Waals surface area (Å²) in [6, 6.07) is 13.7. The normalized spacial score (nSPS) is 11.3. The molecule has 122 valence electrons. The first kappa shape index (κ1) is 16.0. The molecule has 1 heterocycles. The van der Waals surface area contributed by atoms with E-state index in [2.05, 4.69) is 35.7 Å². The monoisotopic (exact) mass is 320 g/mol. The van der Waals surface area contributed by atoms with Crippen LogP contribution in [0.1, 0.15) is 27.2 Å². The van der Waals surface area contributed by atoms with Gasteiger partial charge < -0.3 is 9.30 Å². The number of nitrogens with zero attached hydrogens (tertiary/aromatic N) is 2. The van der Waals surface area contributed by atoms with Crippen molar-refractivity contribution in [3.8, 4) is 0 Å². The number of ether oxygens (including phenoxy) is 1. The zero-order valence-electron chi connectivity index (χ0n) is 14.3. The maximum atomic E-state index is 11.8. The van der Waals surface area contributed by atoms with Crippen LogP contribution < -0.4 is 0 Å². The average Bonchev–Trinajstić information content (AvgIpc) is 2.85. The summed E-state index contributed by atoms with van der Waals surface area (Å²) in [5, 5.41) is 1.17. The SMILES string of the molecule is COC(=O)c1cccc(N=Cc2c(C)n(C)c3ccccc23)c1C. The lowest BCUT2D eigenvalue weighted by Crippen LogP contribution is -2.03. The van der Waals surface area contributed by atoms with Crippen molar-refractivity contribution in [1.82, 2.24) is 4.57 Å². The van der Waals surface area contributed by atoms with Crippen molar-refractivity contribution >= 4 is 28.8 Å². The van der Waals surface area contributed by atoms with Crippen molar-refractivity contribution in [3.63, 3.8) is 0 Å². The van der Waals surface area contributed by atoms with Gasteiger partial charge >= 0.3 is 5.97 Å². The van der Waals surface area contributed by atoms with Crippen molar-refractivity contribution in [2.75, 3.05) is 7.11 Å². The van der Waals surface area contributed by atoms with E-state index in [0.717, 1.165) is 22.5 Å². The van der Waals surface area contributed by atoms with Crippen LogP contribution in [0.5, 0.6) is 0 Å². The largest absolute Gasteiger partial charge is 0.465 e. The van der Waals surface area contributed by atoms with Crippen LogP contribution >= 0.6 is 0 Å². The highest BCUT2D eigenvalue weighted by molar-refractivity contribution is 6.02. The molecule has 0 aliphatic rings. The number of benzene rings is 2. The van der Waals surface area contributed by atoms with Crippen molar-refractivity contribution in [1.29, 1.82) is 0 Å². The molecule has 0 aliphatic carbocycles. The standard InChI is InChI=1S/C20H20N2O2/c1-13-15(20(23)24-4)9-7-10-18(13)21-12-17-14(2)22(3)19-11-6-5-8-16(17)19/h5-12H,1-4H3. The molecule has 1 aromatic heterocycles. The van der Waals surface area contributed by atoms with Gasteiger partial charge in [-0.15, -0.1) is 0 Å². The Bertz CT molecular complexity index is 952. The van der Waals surface area contributed by atoms with E-state index in [1.807, 2.05) is 37.4 Å². The van der Waals surface area contributed by atoms with Crippen molar-refractivity contribution in [3.05, 3.63) is 64.8 Å². The number of carbonyl (C=O) groups is 1. The van der Waals surface area contributed by atoms with Gasteiger partial charge in [-0.25, -0.2) is 4.79 Å². The number of carbonyl (C=O) groups excluding carboxylic acids is 1. The number of esters is 1. The molecule has 0 amide bonds. The highest BCUT2D eigenvalue weighted by Crippen LogP contribution is 2.26. The molecule has 3 aromatic rings. The van der Waals surface area contributed by atoms with Crippen LogP contribution in [-0.2, 0) is 11.8 Å². The highest BCUT2D eigenvalue weighted by atomic mass is 16.5. The molecule has 2 aromatic carbocycles. The Labute approximate surface area is 141 Å². The molecule has 0 saturated heterocycles. The minimum atomic E-state index is -0.342. The first-order chi connectivity index (χ1) is 11.5. The van der Waals surface area contributed by atoms with Crippen molar-refractivity contribution in [2.24, 2.45) is 12.0 Å². The quantitative estimate of drug-likeness (QED) is 0.532. The Morgan fingerprint density at radius 1 is 1.12 bits per heavy atom. The lowest BCUT2D eigenvalue weighted by molar-refractivity contribution is 0.0600. The van der Waals surface area contributed by atoms with Gasteiger partial charge in [0, 0.05) is 35.4 Å². The predicted octanol–water partition coefficient (Wildman–Crippen LogP) is 4.33. The van der Waals surface area contributed by atoms with E-state index in [9.17, 15) is 4.79 Å². The van der Waals surface area contributed by atoms with E-state index in [0.29, 0.717) is 5.56 Å². The van der Waals surface area contributed by atoms with E-state index in [4.69, 9.17) is 4.74 Å². The maximum absolute atomic E-state index is 11.8. The van der Waals surface area contributed by atoms with Crippen LogP contribution in [-0.4, -0.2) is 23.9 Å². The number of methoxy groups -OCH3 is 1. The van der Waals surface area contributed by atoms with Crippen LogP contribution in [0, 0.1) is 13.8 Å². The summed E-state index contributed by atoms with van der Waals surface area (Å²) in [6.07, 6.45) is 1.88. The summed E-state index contributed by atoms with van der Waals surface area (Å²) in [7, 11) is 3.44. The minimum absolute atomic E-state index is 0.342. The number of hydrogen-bond donors (Lipinski definition) is 0. The smallest absolute Gasteiger partial charge is 0.338 e. The number of para-hydroxylation sites is 1.